The standard InChI is InChI=1S/C17H18N2O6/c1-4-24-12(20)7-11-16(21)18-15-10(25-11)6-5-9-14(15)13(17(22)23)8(2)19(9)3/h5-6,11H,4,7H2,1-3H3,(H,18,21)(H,22,23). The summed E-state index contributed by atoms with van der Waals surface area (Å²) in [6, 6.07) is 3.38. The summed E-state index contributed by atoms with van der Waals surface area (Å²) in [6.45, 7) is 3.59. The van der Waals surface area contributed by atoms with Crippen molar-refractivity contribution in [3.63, 3.8) is 0 Å². The van der Waals surface area contributed by atoms with Crippen LogP contribution in [0.1, 0.15) is 29.4 Å². The molecule has 1 aliphatic heterocycles. The largest absolute Gasteiger partial charge is 0.478 e. The summed E-state index contributed by atoms with van der Waals surface area (Å²) >= 11 is 0. The number of carboxylic acids is 1. The Kier molecular flexibility index (Phi) is 4.12. The van der Waals surface area contributed by atoms with E-state index < -0.39 is 23.9 Å². The van der Waals surface area contributed by atoms with Crippen molar-refractivity contribution in [1.29, 1.82) is 0 Å². The molecule has 1 aromatic heterocycles. The first kappa shape index (κ1) is 16.8. The number of amides is 1. The number of aryl methyl sites for hydroxylation is 1. The van der Waals surface area contributed by atoms with E-state index in [4.69, 9.17) is 9.47 Å². The molecule has 0 radical (unpaired) electrons. The number of nitrogens with one attached hydrogen (secondary N) is 1. The van der Waals surface area contributed by atoms with E-state index in [0.717, 1.165) is 0 Å². The molecule has 2 aromatic rings. The third-order valence-corrected chi connectivity index (χ3v) is 4.30. The van der Waals surface area contributed by atoms with E-state index >= 15 is 0 Å². The molecule has 2 N–H and O–H groups in total. The first-order valence-corrected chi connectivity index (χ1v) is 7.83. The van der Waals surface area contributed by atoms with Gasteiger partial charge in [0.1, 0.15) is 5.75 Å². The van der Waals surface area contributed by atoms with Gasteiger partial charge in [0.25, 0.3) is 5.91 Å². The summed E-state index contributed by atoms with van der Waals surface area (Å²) in [4.78, 5) is 35.6. The SMILES string of the molecule is CCOC(=O)CC1Oc2ccc3c(c2NC1=O)c(C(=O)O)c(C)n3C. The molecule has 25 heavy (non-hydrogen) atoms. The molecule has 3 rings (SSSR count). The molecule has 132 valence electrons. The predicted octanol–water partition coefficient (Wildman–Crippen LogP) is 1.84. The number of aromatic nitrogens is 1. The average molecular weight is 346 g/mol. The van der Waals surface area contributed by atoms with Gasteiger partial charge in [0.05, 0.1) is 29.8 Å². The Morgan fingerprint density at radius 1 is 1.40 bits per heavy atom. The van der Waals surface area contributed by atoms with Crippen molar-refractivity contribution in [3.05, 3.63) is 23.4 Å². The lowest BCUT2D eigenvalue weighted by Crippen LogP contribution is -2.39. The predicted molar refractivity (Wildman–Crippen MR) is 88.9 cm³/mol. The number of anilines is 1. The molecule has 8 nitrogen and oxygen atoms in total. The molecule has 2 heterocycles. The lowest BCUT2D eigenvalue weighted by atomic mass is 10.1. The van der Waals surface area contributed by atoms with Crippen molar-refractivity contribution in [2.75, 3.05) is 11.9 Å². The highest BCUT2D eigenvalue weighted by Gasteiger charge is 2.33. The number of nitrogens with zero attached hydrogens (tertiary/aromatic N) is 1. The van der Waals surface area contributed by atoms with E-state index in [1.165, 1.54) is 0 Å². The number of carbonyl (C=O) groups excluding carboxylic acids is 2. The van der Waals surface area contributed by atoms with Gasteiger partial charge >= 0.3 is 11.9 Å². The van der Waals surface area contributed by atoms with Gasteiger partial charge in [-0.1, -0.05) is 0 Å². The van der Waals surface area contributed by atoms with Gasteiger partial charge in [0.15, 0.2) is 6.10 Å². The van der Waals surface area contributed by atoms with E-state index in [2.05, 4.69) is 5.32 Å². The number of hydrogen-bond acceptors (Lipinski definition) is 5. The Bertz CT molecular complexity index is 898. The monoisotopic (exact) mass is 346 g/mol. The maximum Gasteiger partial charge on any atom is 0.338 e. The number of rotatable bonds is 4. The van der Waals surface area contributed by atoms with Crippen LogP contribution in [-0.4, -0.2) is 40.2 Å². The lowest BCUT2D eigenvalue weighted by molar-refractivity contribution is -0.147. The van der Waals surface area contributed by atoms with E-state index in [-0.39, 0.29) is 18.6 Å². The van der Waals surface area contributed by atoms with Gasteiger partial charge < -0.3 is 24.5 Å². The maximum absolute atomic E-state index is 12.3. The van der Waals surface area contributed by atoms with Gasteiger partial charge in [0, 0.05) is 18.1 Å². The number of aromatic carboxylic acids is 1. The van der Waals surface area contributed by atoms with Crippen molar-refractivity contribution in [2.24, 2.45) is 7.05 Å². The Balaban J connectivity index is 2.07. The van der Waals surface area contributed by atoms with E-state index in [1.54, 1.807) is 37.6 Å². The van der Waals surface area contributed by atoms with Gasteiger partial charge in [-0.05, 0) is 26.0 Å². The van der Waals surface area contributed by atoms with Crippen LogP contribution in [0, 0.1) is 6.92 Å². The Hall–Kier alpha value is -3.03. The summed E-state index contributed by atoms with van der Waals surface area (Å²) in [5.74, 6) is -1.80. The summed E-state index contributed by atoms with van der Waals surface area (Å²) in [7, 11) is 1.76. The molecule has 1 aromatic carbocycles. The zero-order chi connectivity index (χ0) is 18.3. The fraction of sp³-hybridized carbons (Fsp3) is 0.353. The van der Waals surface area contributed by atoms with Crippen molar-refractivity contribution >= 4 is 34.4 Å². The van der Waals surface area contributed by atoms with Crippen molar-refractivity contribution in [1.82, 2.24) is 4.57 Å². The molecule has 1 amide bonds. The minimum Gasteiger partial charge on any atom is -0.478 e. The lowest BCUT2D eigenvalue weighted by Gasteiger charge is -2.26. The van der Waals surface area contributed by atoms with Crippen LogP contribution < -0.4 is 10.1 Å². The van der Waals surface area contributed by atoms with Gasteiger partial charge in [0.2, 0.25) is 0 Å². The number of carbonyl (C=O) groups is 3. The third-order valence-electron chi connectivity index (χ3n) is 4.30. The molecule has 1 atom stereocenters. The van der Waals surface area contributed by atoms with Crippen molar-refractivity contribution in [2.45, 2.75) is 26.4 Å². The fourth-order valence-electron chi connectivity index (χ4n) is 3.03. The highest BCUT2D eigenvalue weighted by Crippen LogP contribution is 2.40. The second-order valence-electron chi connectivity index (χ2n) is 5.76. The second-order valence-corrected chi connectivity index (χ2v) is 5.76. The molecular formula is C17H18N2O6. The van der Waals surface area contributed by atoms with Crippen molar-refractivity contribution < 1.29 is 29.0 Å². The zero-order valence-electron chi connectivity index (χ0n) is 14.1. The summed E-state index contributed by atoms with van der Waals surface area (Å²) in [6.07, 6.45) is -1.22. The zero-order valence-corrected chi connectivity index (χ0v) is 14.1. The molecule has 1 unspecified atom stereocenters. The van der Waals surface area contributed by atoms with Crippen LogP contribution >= 0.6 is 0 Å². The molecule has 0 fully saturated rings. The summed E-state index contributed by atoms with van der Waals surface area (Å²) < 4.78 is 12.2. The minimum atomic E-state index is -1.08. The molecular weight excluding hydrogens is 328 g/mol. The first-order chi connectivity index (χ1) is 11.8. The Labute approximate surface area is 143 Å². The number of esters is 1. The summed E-state index contributed by atoms with van der Waals surface area (Å²) in [5.41, 5.74) is 1.66. The van der Waals surface area contributed by atoms with Gasteiger partial charge in [-0.3, -0.25) is 9.59 Å². The topological polar surface area (TPSA) is 107 Å². The average Bonchev–Trinajstić information content (AvgIpc) is 2.80. The molecule has 0 saturated carbocycles. The van der Waals surface area contributed by atoms with Crippen LogP contribution in [-0.2, 0) is 21.4 Å². The molecule has 0 saturated heterocycles. The number of fused-ring (bicyclic) bond motifs is 3. The Morgan fingerprint density at radius 2 is 2.12 bits per heavy atom. The molecule has 0 aliphatic carbocycles. The van der Waals surface area contributed by atoms with Gasteiger partial charge in [-0.15, -0.1) is 0 Å². The second kappa shape index (κ2) is 6.12. The molecule has 0 bridgehead atoms. The van der Waals surface area contributed by atoms with Crippen LogP contribution in [0.5, 0.6) is 5.75 Å². The highest BCUT2D eigenvalue weighted by molar-refractivity contribution is 6.15. The van der Waals surface area contributed by atoms with Crippen LogP contribution in [0.15, 0.2) is 12.1 Å². The van der Waals surface area contributed by atoms with Gasteiger partial charge in [-0.2, -0.15) is 0 Å². The number of benzene rings is 1. The maximum atomic E-state index is 12.3. The van der Waals surface area contributed by atoms with E-state index in [1.807, 2.05) is 0 Å². The van der Waals surface area contributed by atoms with E-state index in [0.29, 0.717) is 28.0 Å². The van der Waals surface area contributed by atoms with Crippen LogP contribution in [0.4, 0.5) is 5.69 Å². The smallest absolute Gasteiger partial charge is 0.338 e. The first-order valence-electron chi connectivity index (χ1n) is 7.83. The fourth-order valence-corrected chi connectivity index (χ4v) is 3.03. The highest BCUT2D eigenvalue weighted by atomic mass is 16.5. The van der Waals surface area contributed by atoms with Gasteiger partial charge in [-0.25, -0.2) is 4.79 Å². The third kappa shape index (κ3) is 2.69. The van der Waals surface area contributed by atoms with E-state index in [9.17, 15) is 19.5 Å². The normalized spacial score (nSPS) is 16.1. The number of ether oxygens (including phenoxy) is 2. The summed E-state index contributed by atoms with van der Waals surface area (Å²) in [5, 5.41) is 12.6. The van der Waals surface area contributed by atoms with Crippen LogP contribution in [0.25, 0.3) is 10.9 Å². The van der Waals surface area contributed by atoms with Crippen molar-refractivity contribution in [3.8, 4) is 5.75 Å². The van der Waals surface area contributed by atoms with Crippen LogP contribution in [0.2, 0.25) is 0 Å². The minimum absolute atomic E-state index is 0.113. The van der Waals surface area contributed by atoms with Crippen LogP contribution in [0.3, 0.4) is 0 Å². The molecule has 0 spiro atoms. The molecule has 1 aliphatic rings. The Morgan fingerprint density at radius 3 is 2.76 bits per heavy atom. The quantitative estimate of drug-likeness (QED) is 0.818. The molecule has 8 heteroatoms. The number of carboxylic acid groups (broad SMARTS) is 1. The number of hydrogen-bond donors (Lipinski definition) is 2.